The first kappa shape index (κ1) is 22.2. The van der Waals surface area contributed by atoms with E-state index in [2.05, 4.69) is 5.32 Å². The second-order valence-electron chi connectivity index (χ2n) is 7.44. The number of aliphatic hydroxyl groups excluding tert-OH is 1. The molecule has 0 aromatic heterocycles. The minimum atomic E-state index is -1.35. The van der Waals surface area contributed by atoms with Gasteiger partial charge in [-0.15, -0.1) is 0 Å². The van der Waals surface area contributed by atoms with Crippen molar-refractivity contribution in [1.29, 1.82) is 0 Å². The van der Waals surface area contributed by atoms with Gasteiger partial charge < -0.3 is 24.6 Å². The van der Waals surface area contributed by atoms with Gasteiger partial charge in [0, 0.05) is 0 Å². The number of carbonyl (C=O) groups is 2. The number of amides is 1. The molecule has 0 saturated heterocycles. The van der Waals surface area contributed by atoms with E-state index in [-0.39, 0.29) is 6.61 Å². The second kappa shape index (κ2) is 9.93. The molecule has 0 aliphatic rings. The third-order valence-electron chi connectivity index (χ3n) is 3.92. The Morgan fingerprint density at radius 2 is 1.66 bits per heavy atom. The molecule has 0 radical (unpaired) electrons. The van der Waals surface area contributed by atoms with Crippen molar-refractivity contribution in [3.05, 3.63) is 65.7 Å². The van der Waals surface area contributed by atoms with E-state index in [1.165, 1.54) is 7.11 Å². The average molecular weight is 401 g/mol. The first-order valence-electron chi connectivity index (χ1n) is 9.21. The standard InChI is InChI=1S/C22H27NO6/c1-22(2,3)29-21(26)23-18(19(24)16-10-12-17(27-4)13-11-16)20(25)28-14-15-8-6-5-7-9-15/h5-13,18-19,24H,14H2,1-4H3,(H,23,26). The largest absolute Gasteiger partial charge is 0.497 e. The Balaban J connectivity index is 2.16. The van der Waals surface area contributed by atoms with Crippen molar-refractivity contribution in [3.63, 3.8) is 0 Å². The normalized spacial score (nSPS) is 13.1. The zero-order valence-electron chi connectivity index (χ0n) is 17.0. The van der Waals surface area contributed by atoms with E-state index in [4.69, 9.17) is 14.2 Å². The molecule has 0 spiro atoms. The number of hydrogen-bond acceptors (Lipinski definition) is 6. The van der Waals surface area contributed by atoms with E-state index in [0.29, 0.717) is 11.3 Å². The van der Waals surface area contributed by atoms with Gasteiger partial charge >= 0.3 is 12.1 Å². The SMILES string of the molecule is COc1ccc(C(O)C(NC(=O)OC(C)(C)C)C(=O)OCc2ccccc2)cc1. The van der Waals surface area contributed by atoms with Crippen LogP contribution in [0, 0.1) is 0 Å². The van der Waals surface area contributed by atoms with Crippen LogP contribution < -0.4 is 10.1 Å². The minimum absolute atomic E-state index is 0.0154. The molecule has 2 atom stereocenters. The number of nitrogens with one attached hydrogen (secondary N) is 1. The van der Waals surface area contributed by atoms with Crippen LogP contribution in [0.25, 0.3) is 0 Å². The number of rotatable bonds is 7. The zero-order chi connectivity index (χ0) is 21.4. The predicted octanol–water partition coefficient (Wildman–Crippen LogP) is 3.37. The smallest absolute Gasteiger partial charge is 0.408 e. The predicted molar refractivity (Wildman–Crippen MR) is 107 cm³/mol. The van der Waals surface area contributed by atoms with Gasteiger partial charge in [0.05, 0.1) is 7.11 Å². The molecule has 0 fully saturated rings. The van der Waals surface area contributed by atoms with Crippen LogP contribution in [0.15, 0.2) is 54.6 Å². The van der Waals surface area contributed by atoms with Gasteiger partial charge in [-0.1, -0.05) is 42.5 Å². The number of hydrogen-bond donors (Lipinski definition) is 2. The van der Waals surface area contributed by atoms with E-state index >= 15 is 0 Å². The van der Waals surface area contributed by atoms with Crippen molar-refractivity contribution in [2.24, 2.45) is 0 Å². The van der Waals surface area contributed by atoms with Crippen LogP contribution in [0.2, 0.25) is 0 Å². The molecule has 1 amide bonds. The lowest BCUT2D eigenvalue weighted by Gasteiger charge is -2.26. The summed E-state index contributed by atoms with van der Waals surface area (Å²) < 4.78 is 15.6. The Kier molecular flexibility index (Phi) is 7.61. The van der Waals surface area contributed by atoms with Crippen LogP contribution in [0.3, 0.4) is 0 Å². The molecule has 29 heavy (non-hydrogen) atoms. The Labute approximate surface area is 170 Å². The maximum Gasteiger partial charge on any atom is 0.408 e. The molecule has 0 heterocycles. The summed E-state index contributed by atoms with van der Waals surface area (Å²) in [6.07, 6.45) is -2.16. The van der Waals surface area contributed by atoms with Crippen molar-refractivity contribution in [3.8, 4) is 5.75 Å². The number of ether oxygens (including phenoxy) is 3. The summed E-state index contributed by atoms with van der Waals surface area (Å²) in [6, 6.07) is 14.3. The summed E-state index contributed by atoms with van der Waals surface area (Å²) >= 11 is 0. The quantitative estimate of drug-likeness (QED) is 0.691. The summed E-state index contributed by atoms with van der Waals surface area (Å²) in [6.45, 7) is 5.13. The van der Waals surface area contributed by atoms with Gasteiger partial charge in [0.1, 0.15) is 24.1 Å². The highest BCUT2D eigenvalue weighted by Gasteiger charge is 2.33. The fraction of sp³-hybridized carbons (Fsp3) is 0.364. The third kappa shape index (κ3) is 7.12. The number of carbonyl (C=O) groups excluding carboxylic acids is 2. The van der Waals surface area contributed by atoms with E-state index < -0.39 is 29.8 Å². The van der Waals surface area contributed by atoms with Gasteiger partial charge in [-0.25, -0.2) is 9.59 Å². The highest BCUT2D eigenvalue weighted by Crippen LogP contribution is 2.22. The number of benzene rings is 2. The number of esters is 1. The lowest BCUT2D eigenvalue weighted by molar-refractivity contribution is -0.150. The summed E-state index contributed by atoms with van der Waals surface area (Å²) in [5.74, 6) is -0.174. The van der Waals surface area contributed by atoms with Gasteiger partial charge in [-0.2, -0.15) is 0 Å². The fourth-order valence-corrected chi connectivity index (χ4v) is 2.51. The first-order valence-corrected chi connectivity index (χ1v) is 9.21. The van der Waals surface area contributed by atoms with E-state index in [9.17, 15) is 14.7 Å². The van der Waals surface area contributed by atoms with Crippen LogP contribution in [0.5, 0.6) is 5.75 Å². The lowest BCUT2D eigenvalue weighted by atomic mass is 10.0. The van der Waals surface area contributed by atoms with Gasteiger partial charge in [0.2, 0.25) is 0 Å². The third-order valence-corrected chi connectivity index (χ3v) is 3.92. The first-order chi connectivity index (χ1) is 13.7. The lowest BCUT2D eigenvalue weighted by Crippen LogP contribution is -2.47. The maximum absolute atomic E-state index is 12.7. The Hall–Kier alpha value is -3.06. The molecule has 2 N–H and O–H groups in total. The Morgan fingerprint density at radius 3 is 2.21 bits per heavy atom. The van der Waals surface area contributed by atoms with Gasteiger partial charge in [-0.3, -0.25) is 0 Å². The number of methoxy groups -OCH3 is 1. The van der Waals surface area contributed by atoms with Crippen molar-refractivity contribution >= 4 is 12.1 Å². The number of alkyl carbamates (subject to hydrolysis) is 1. The molecular formula is C22H27NO6. The zero-order valence-corrected chi connectivity index (χ0v) is 17.0. The molecule has 2 aromatic carbocycles. The van der Waals surface area contributed by atoms with Crippen LogP contribution in [0.4, 0.5) is 4.79 Å². The van der Waals surface area contributed by atoms with Gasteiger partial charge in [0.15, 0.2) is 6.04 Å². The molecule has 7 nitrogen and oxygen atoms in total. The molecule has 2 rings (SSSR count). The molecule has 2 unspecified atom stereocenters. The van der Waals surface area contributed by atoms with Crippen molar-refractivity contribution in [2.45, 2.75) is 45.1 Å². The molecule has 0 aliphatic heterocycles. The van der Waals surface area contributed by atoms with Gasteiger partial charge in [0.25, 0.3) is 0 Å². The monoisotopic (exact) mass is 401 g/mol. The maximum atomic E-state index is 12.7. The molecule has 156 valence electrons. The second-order valence-corrected chi connectivity index (χ2v) is 7.44. The van der Waals surface area contributed by atoms with Crippen molar-refractivity contribution in [1.82, 2.24) is 5.32 Å². The van der Waals surface area contributed by atoms with Gasteiger partial charge in [-0.05, 0) is 44.0 Å². The molecule has 0 bridgehead atoms. The highest BCUT2D eigenvalue weighted by atomic mass is 16.6. The van der Waals surface area contributed by atoms with E-state index in [1.54, 1.807) is 45.0 Å². The van der Waals surface area contributed by atoms with Crippen LogP contribution in [-0.4, -0.2) is 35.9 Å². The molecule has 0 aliphatic carbocycles. The minimum Gasteiger partial charge on any atom is -0.497 e. The Bertz CT molecular complexity index is 798. The molecule has 0 saturated carbocycles. The van der Waals surface area contributed by atoms with Crippen LogP contribution in [0.1, 0.15) is 38.0 Å². The molecule has 7 heteroatoms. The highest BCUT2D eigenvalue weighted by molar-refractivity contribution is 5.82. The topological polar surface area (TPSA) is 94.1 Å². The summed E-state index contributed by atoms with van der Waals surface area (Å²) in [5.41, 5.74) is 0.451. The van der Waals surface area contributed by atoms with E-state index in [1.807, 2.05) is 30.3 Å². The summed E-state index contributed by atoms with van der Waals surface area (Å²) in [7, 11) is 1.53. The van der Waals surface area contributed by atoms with Crippen LogP contribution in [-0.2, 0) is 20.9 Å². The fourth-order valence-electron chi connectivity index (χ4n) is 2.51. The Morgan fingerprint density at radius 1 is 1.03 bits per heavy atom. The van der Waals surface area contributed by atoms with Crippen molar-refractivity contribution in [2.75, 3.05) is 7.11 Å². The summed E-state index contributed by atoms with van der Waals surface area (Å²) in [4.78, 5) is 24.9. The van der Waals surface area contributed by atoms with Crippen molar-refractivity contribution < 1.29 is 28.9 Å². The molecule has 2 aromatic rings. The average Bonchev–Trinajstić information content (AvgIpc) is 2.69. The summed E-state index contributed by atoms with van der Waals surface area (Å²) in [5, 5.41) is 13.2. The number of aliphatic hydroxyl groups is 1. The van der Waals surface area contributed by atoms with Crippen LogP contribution >= 0.6 is 0 Å². The molecular weight excluding hydrogens is 374 g/mol. The van der Waals surface area contributed by atoms with E-state index in [0.717, 1.165) is 5.56 Å².